The molecule has 0 radical (unpaired) electrons. The molecule has 1 unspecified atom stereocenters. The van der Waals surface area contributed by atoms with Crippen molar-refractivity contribution in [1.29, 1.82) is 0 Å². The minimum Gasteiger partial charge on any atom is -0.389 e. The van der Waals surface area contributed by atoms with E-state index in [4.69, 9.17) is 18.0 Å². The highest BCUT2D eigenvalue weighted by Gasteiger charge is 2.47. The molecule has 2 rings (SSSR count). The standard InChI is InChI=1S/C13H18N2O2S2/c1-8-6-9(4-5-10(8)12(14)18)19(16,17)15-11-7-13(11,2)3/h4-6,11,15H,7H2,1-3H3,(H2,14,18). The smallest absolute Gasteiger partial charge is 0.240 e. The maximum atomic E-state index is 12.2. The lowest BCUT2D eigenvalue weighted by Gasteiger charge is -2.10. The Morgan fingerprint density at radius 3 is 2.47 bits per heavy atom. The van der Waals surface area contributed by atoms with Crippen LogP contribution < -0.4 is 10.5 Å². The number of nitrogens with one attached hydrogen (secondary N) is 1. The summed E-state index contributed by atoms with van der Waals surface area (Å²) in [5.74, 6) is 0. The molecule has 0 aromatic heterocycles. The number of benzene rings is 1. The molecule has 6 heteroatoms. The quantitative estimate of drug-likeness (QED) is 0.830. The molecule has 0 spiro atoms. The Bertz CT molecular complexity index is 636. The number of thiocarbonyl (C=S) groups is 1. The van der Waals surface area contributed by atoms with Gasteiger partial charge in [0, 0.05) is 11.6 Å². The Balaban J connectivity index is 2.27. The summed E-state index contributed by atoms with van der Waals surface area (Å²) in [4.78, 5) is 0.533. The zero-order valence-electron chi connectivity index (χ0n) is 11.2. The third-order valence-electron chi connectivity index (χ3n) is 3.58. The lowest BCUT2D eigenvalue weighted by Crippen LogP contribution is -2.28. The first kappa shape index (κ1) is 14.4. The SMILES string of the molecule is Cc1cc(S(=O)(=O)NC2CC2(C)C)ccc1C(N)=S. The van der Waals surface area contributed by atoms with Crippen molar-refractivity contribution in [2.24, 2.45) is 11.1 Å². The summed E-state index contributed by atoms with van der Waals surface area (Å²) >= 11 is 4.91. The van der Waals surface area contributed by atoms with E-state index in [1.807, 2.05) is 13.8 Å². The molecule has 0 amide bonds. The molecule has 0 bridgehead atoms. The maximum absolute atomic E-state index is 12.2. The van der Waals surface area contributed by atoms with Gasteiger partial charge < -0.3 is 5.73 Å². The van der Waals surface area contributed by atoms with Gasteiger partial charge in [-0.25, -0.2) is 13.1 Å². The van der Waals surface area contributed by atoms with Gasteiger partial charge in [0.05, 0.1) is 4.90 Å². The minimum absolute atomic E-state index is 0.0214. The van der Waals surface area contributed by atoms with Gasteiger partial charge in [-0.2, -0.15) is 0 Å². The Hall–Kier alpha value is -0.980. The Kier molecular flexibility index (Phi) is 3.45. The fourth-order valence-corrected chi connectivity index (χ4v) is 3.72. The predicted molar refractivity (Wildman–Crippen MR) is 79.6 cm³/mol. The van der Waals surface area contributed by atoms with Crippen LogP contribution in [-0.2, 0) is 10.0 Å². The molecule has 1 aliphatic rings. The third-order valence-corrected chi connectivity index (χ3v) is 5.27. The second-order valence-electron chi connectivity index (χ2n) is 5.71. The third kappa shape index (κ3) is 2.96. The van der Waals surface area contributed by atoms with Gasteiger partial charge in [-0.3, -0.25) is 0 Å². The van der Waals surface area contributed by atoms with E-state index in [0.717, 1.165) is 12.0 Å². The zero-order valence-corrected chi connectivity index (χ0v) is 12.9. The predicted octanol–water partition coefficient (Wildman–Crippen LogP) is 1.71. The average molecular weight is 298 g/mol. The van der Waals surface area contributed by atoms with Gasteiger partial charge >= 0.3 is 0 Å². The van der Waals surface area contributed by atoms with E-state index in [9.17, 15) is 8.42 Å². The van der Waals surface area contributed by atoms with Crippen molar-refractivity contribution in [1.82, 2.24) is 4.72 Å². The number of aryl methyl sites for hydroxylation is 1. The number of hydrogen-bond donors (Lipinski definition) is 2. The Morgan fingerprint density at radius 2 is 2.05 bits per heavy atom. The number of sulfonamides is 1. The van der Waals surface area contributed by atoms with Crippen molar-refractivity contribution in [3.63, 3.8) is 0 Å². The summed E-state index contributed by atoms with van der Waals surface area (Å²) in [6.07, 6.45) is 0.871. The second kappa shape index (κ2) is 4.54. The van der Waals surface area contributed by atoms with Crippen molar-refractivity contribution >= 4 is 27.2 Å². The lowest BCUT2D eigenvalue weighted by molar-refractivity contribution is 0.555. The van der Waals surface area contributed by atoms with Crippen LogP contribution in [0.5, 0.6) is 0 Å². The van der Waals surface area contributed by atoms with Gasteiger partial charge in [0.15, 0.2) is 0 Å². The Morgan fingerprint density at radius 1 is 1.47 bits per heavy atom. The topological polar surface area (TPSA) is 72.2 Å². The molecule has 1 fully saturated rings. The maximum Gasteiger partial charge on any atom is 0.240 e. The van der Waals surface area contributed by atoms with Gasteiger partial charge in [-0.05, 0) is 36.5 Å². The first-order valence-electron chi connectivity index (χ1n) is 6.06. The summed E-state index contributed by atoms with van der Waals surface area (Å²) in [5.41, 5.74) is 7.10. The highest BCUT2D eigenvalue weighted by atomic mass is 32.2. The fraction of sp³-hybridized carbons (Fsp3) is 0.462. The first-order valence-corrected chi connectivity index (χ1v) is 7.95. The van der Waals surface area contributed by atoms with Crippen LogP contribution in [0, 0.1) is 12.3 Å². The zero-order chi connectivity index (χ0) is 14.4. The van der Waals surface area contributed by atoms with E-state index in [0.29, 0.717) is 5.56 Å². The summed E-state index contributed by atoms with van der Waals surface area (Å²) in [5, 5.41) is 0. The van der Waals surface area contributed by atoms with Gasteiger partial charge in [0.1, 0.15) is 4.99 Å². The highest BCUT2D eigenvalue weighted by molar-refractivity contribution is 7.89. The van der Waals surface area contributed by atoms with Crippen LogP contribution in [0.25, 0.3) is 0 Å². The molecule has 0 saturated heterocycles. The fourth-order valence-electron chi connectivity index (χ4n) is 2.00. The van der Waals surface area contributed by atoms with E-state index in [-0.39, 0.29) is 21.3 Å². The molecule has 19 heavy (non-hydrogen) atoms. The van der Waals surface area contributed by atoms with Crippen LogP contribution >= 0.6 is 12.2 Å². The molecular formula is C13H18N2O2S2. The molecule has 104 valence electrons. The lowest BCUT2D eigenvalue weighted by atomic mass is 10.1. The Labute approximate surface area is 119 Å². The van der Waals surface area contributed by atoms with Crippen molar-refractivity contribution in [2.75, 3.05) is 0 Å². The van der Waals surface area contributed by atoms with E-state index >= 15 is 0 Å². The molecule has 1 aliphatic carbocycles. The normalized spacial score (nSPS) is 21.1. The molecule has 3 N–H and O–H groups in total. The molecule has 1 saturated carbocycles. The summed E-state index contributed by atoms with van der Waals surface area (Å²) in [7, 11) is -3.47. The molecular weight excluding hydrogens is 280 g/mol. The molecule has 0 aliphatic heterocycles. The minimum atomic E-state index is -3.47. The largest absolute Gasteiger partial charge is 0.389 e. The molecule has 0 heterocycles. The average Bonchev–Trinajstić information content (AvgIpc) is 2.84. The first-order chi connectivity index (χ1) is 8.63. The van der Waals surface area contributed by atoms with Crippen LogP contribution in [0.15, 0.2) is 23.1 Å². The van der Waals surface area contributed by atoms with Crippen molar-refractivity contribution in [2.45, 2.75) is 38.1 Å². The highest BCUT2D eigenvalue weighted by Crippen LogP contribution is 2.45. The van der Waals surface area contributed by atoms with E-state index in [1.54, 1.807) is 25.1 Å². The van der Waals surface area contributed by atoms with Gasteiger partial charge in [0.25, 0.3) is 0 Å². The molecule has 1 atom stereocenters. The monoisotopic (exact) mass is 298 g/mol. The molecule has 1 aromatic carbocycles. The molecule has 1 aromatic rings. The van der Waals surface area contributed by atoms with Gasteiger partial charge in [0.2, 0.25) is 10.0 Å². The van der Waals surface area contributed by atoms with Crippen LogP contribution in [-0.4, -0.2) is 19.4 Å². The van der Waals surface area contributed by atoms with Crippen molar-refractivity contribution in [3.8, 4) is 0 Å². The number of rotatable bonds is 4. The number of hydrogen-bond acceptors (Lipinski definition) is 3. The summed E-state index contributed by atoms with van der Waals surface area (Å²) < 4.78 is 27.2. The van der Waals surface area contributed by atoms with Crippen LogP contribution in [0.4, 0.5) is 0 Å². The van der Waals surface area contributed by atoms with Crippen molar-refractivity contribution < 1.29 is 8.42 Å². The van der Waals surface area contributed by atoms with E-state index in [2.05, 4.69) is 4.72 Å². The van der Waals surface area contributed by atoms with Crippen molar-refractivity contribution in [3.05, 3.63) is 29.3 Å². The number of nitrogens with two attached hydrogens (primary N) is 1. The summed E-state index contributed by atoms with van der Waals surface area (Å²) in [6.45, 7) is 5.89. The van der Waals surface area contributed by atoms with Gasteiger partial charge in [-0.1, -0.05) is 32.1 Å². The molecule has 4 nitrogen and oxygen atoms in total. The van der Waals surface area contributed by atoms with Crippen LogP contribution in [0.3, 0.4) is 0 Å². The van der Waals surface area contributed by atoms with Crippen LogP contribution in [0.2, 0.25) is 0 Å². The second-order valence-corrected chi connectivity index (χ2v) is 7.86. The summed E-state index contributed by atoms with van der Waals surface area (Å²) in [6, 6.07) is 4.82. The van der Waals surface area contributed by atoms with Crippen LogP contribution in [0.1, 0.15) is 31.4 Å². The van der Waals surface area contributed by atoms with E-state index in [1.165, 1.54) is 0 Å². The van der Waals surface area contributed by atoms with E-state index < -0.39 is 10.0 Å². The van der Waals surface area contributed by atoms with Gasteiger partial charge in [-0.15, -0.1) is 0 Å².